The Morgan fingerprint density at radius 1 is 1.53 bits per heavy atom. The lowest BCUT2D eigenvalue weighted by atomic mass is 10.1. The Balaban J connectivity index is 1.93. The molecule has 0 bridgehead atoms. The van der Waals surface area contributed by atoms with Gasteiger partial charge in [-0.3, -0.25) is 10.1 Å². The number of ether oxygens (including phenoxy) is 1. The van der Waals surface area contributed by atoms with Crippen molar-refractivity contribution in [3.8, 4) is 0 Å². The van der Waals surface area contributed by atoms with Gasteiger partial charge in [0.25, 0.3) is 5.69 Å². The van der Waals surface area contributed by atoms with Crippen molar-refractivity contribution in [2.75, 3.05) is 7.11 Å². The van der Waals surface area contributed by atoms with E-state index in [-0.39, 0.29) is 10.7 Å². The van der Waals surface area contributed by atoms with Crippen molar-refractivity contribution in [3.05, 3.63) is 38.9 Å². The van der Waals surface area contributed by atoms with Gasteiger partial charge >= 0.3 is 0 Å². The molecule has 2 unspecified atom stereocenters. The van der Waals surface area contributed by atoms with Gasteiger partial charge in [-0.1, -0.05) is 17.7 Å². The highest BCUT2D eigenvalue weighted by Crippen LogP contribution is 2.26. The van der Waals surface area contributed by atoms with E-state index in [2.05, 4.69) is 5.32 Å². The quantitative estimate of drug-likeness (QED) is 0.667. The molecule has 0 aromatic heterocycles. The first-order valence-corrected chi connectivity index (χ1v) is 6.67. The average molecular weight is 285 g/mol. The summed E-state index contributed by atoms with van der Waals surface area (Å²) in [6, 6.07) is 5.33. The van der Waals surface area contributed by atoms with Crippen LogP contribution in [0.1, 0.15) is 24.8 Å². The summed E-state index contributed by atoms with van der Waals surface area (Å²) in [5.74, 6) is 0. The summed E-state index contributed by atoms with van der Waals surface area (Å²) in [5, 5.41) is 14.4. The number of methoxy groups -OCH3 is 1. The molecule has 1 aromatic carbocycles. The van der Waals surface area contributed by atoms with E-state index in [4.69, 9.17) is 16.3 Å². The van der Waals surface area contributed by atoms with Gasteiger partial charge < -0.3 is 10.1 Å². The fourth-order valence-electron chi connectivity index (χ4n) is 2.41. The predicted octanol–water partition coefficient (Wildman–Crippen LogP) is 2.91. The molecule has 1 aromatic rings. The molecular weight excluding hydrogens is 268 g/mol. The maximum atomic E-state index is 10.8. The van der Waals surface area contributed by atoms with Gasteiger partial charge in [-0.25, -0.2) is 0 Å². The Morgan fingerprint density at radius 3 is 2.95 bits per heavy atom. The fourth-order valence-corrected chi connectivity index (χ4v) is 2.60. The average Bonchev–Trinajstić information content (AvgIpc) is 2.85. The molecule has 1 N–H and O–H groups in total. The van der Waals surface area contributed by atoms with Gasteiger partial charge in [0.05, 0.1) is 11.0 Å². The second-order valence-corrected chi connectivity index (χ2v) is 5.20. The lowest BCUT2D eigenvalue weighted by Crippen LogP contribution is -2.26. The summed E-state index contributed by atoms with van der Waals surface area (Å²) in [6.45, 7) is 0.610. The van der Waals surface area contributed by atoms with E-state index >= 15 is 0 Å². The molecule has 0 radical (unpaired) electrons. The number of nitro groups is 1. The van der Waals surface area contributed by atoms with Crippen molar-refractivity contribution in [2.45, 2.75) is 38.0 Å². The highest BCUT2D eigenvalue weighted by molar-refractivity contribution is 6.32. The Kier molecular flexibility index (Phi) is 4.74. The minimum Gasteiger partial charge on any atom is -0.381 e. The molecule has 0 spiro atoms. The highest BCUT2D eigenvalue weighted by Gasteiger charge is 2.24. The molecule has 6 heteroatoms. The smallest absolute Gasteiger partial charge is 0.288 e. The van der Waals surface area contributed by atoms with Crippen LogP contribution < -0.4 is 5.32 Å². The molecule has 1 aliphatic carbocycles. The summed E-state index contributed by atoms with van der Waals surface area (Å²) in [5.41, 5.74) is 0.833. The third kappa shape index (κ3) is 3.65. The third-order valence-electron chi connectivity index (χ3n) is 3.52. The summed E-state index contributed by atoms with van der Waals surface area (Å²) in [7, 11) is 1.73. The van der Waals surface area contributed by atoms with Gasteiger partial charge in [-0.2, -0.15) is 0 Å². The molecule has 1 aliphatic rings. The first kappa shape index (κ1) is 14.2. The predicted molar refractivity (Wildman–Crippen MR) is 73.4 cm³/mol. The number of rotatable bonds is 5. The third-order valence-corrected chi connectivity index (χ3v) is 3.84. The Morgan fingerprint density at radius 2 is 2.32 bits per heavy atom. The number of nitrogens with zero attached hydrogens (tertiary/aromatic N) is 1. The van der Waals surface area contributed by atoms with Crippen LogP contribution in [0.3, 0.4) is 0 Å². The highest BCUT2D eigenvalue weighted by atomic mass is 35.5. The molecule has 0 aliphatic heterocycles. The van der Waals surface area contributed by atoms with Gasteiger partial charge in [0.1, 0.15) is 5.02 Å². The lowest BCUT2D eigenvalue weighted by molar-refractivity contribution is -0.384. The first-order chi connectivity index (χ1) is 9.10. The maximum Gasteiger partial charge on any atom is 0.288 e. The van der Waals surface area contributed by atoms with E-state index in [1.807, 2.05) is 6.07 Å². The van der Waals surface area contributed by atoms with Crippen LogP contribution >= 0.6 is 11.6 Å². The SMILES string of the molecule is COC1CCC(NCc2ccc(Cl)c([N+](=O)[O-])c2)C1. The van der Waals surface area contributed by atoms with Crippen molar-refractivity contribution in [2.24, 2.45) is 0 Å². The molecule has 2 atom stereocenters. The van der Waals surface area contributed by atoms with Crippen LogP contribution in [0.4, 0.5) is 5.69 Å². The van der Waals surface area contributed by atoms with Crippen LogP contribution in [0.15, 0.2) is 18.2 Å². The molecule has 5 nitrogen and oxygen atoms in total. The van der Waals surface area contributed by atoms with Crippen molar-refractivity contribution in [1.29, 1.82) is 0 Å². The summed E-state index contributed by atoms with van der Waals surface area (Å²) in [6.07, 6.45) is 3.46. The number of nitrogens with one attached hydrogen (secondary N) is 1. The van der Waals surface area contributed by atoms with E-state index in [1.165, 1.54) is 6.07 Å². The lowest BCUT2D eigenvalue weighted by Gasteiger charge is -2.12. The van der Waals surface area contributed by atoms with Gasteiger partial charge in [-0.05, 0) is 30.9 Å². The summed E-state index contributed by atoms with van der Waals surface area (Å²) >= 11 is 5.78. The van der Waals surface area contributed by atoms with Crippen molar-refractivity contribution < 1.29 is 9.66 Å². The Bertz CT molecular complexity index is 467. The fraction of sp³-hybridized carbons (Fsp3) is 0.538. The normalized spacial score (nSPS) is 22.6. The van der Waals surface area contributed by atoms with Crippen LogP contribution in [-0.4, -0.2) is 24.2 Å². The second kappa shape index (κ2) is 6.32. The minimum atomic E-state index is -0.456. The van der Waals surface area contributed by atoms with Gasteiger partial charge in [0.2, 0.25) is 0 Å². The monoisotopic (exact) mass is 284 g/mol. The van der Waals surface area contributed by atoms with Crippen molar-refractivity contribution in [3.63, 3.8) is 0 Å². The van der Waals surface area contributed by atoms with E-state index < -0.39 is 4.92 Å². The number of benzene rings is 1. The Labute approximate surface area is 117 Å². The molecule has 104 valence electrons. The molecule has 2 rings (SSSR count). The van der Waals surface area contributed by atoms with Crippen LogP contribution in [0.5, 0.6) is 0 Å². The Hall–Kier alpha value is -1.17. The van der Waals surface area contributed by atoms with Crippen LogP contribution in [0, 0.1) is 10.1 Å². The molecular formula is C13H17ClN2O3. The number of hydrogen-bond donors (Lipinski definition) is 1. The first-order valence-electron chi connectivity index (χ1n) is 6.29. The largest absolute Gasteiger partial charge is 0.381 e. The van der Waals surface area contributed by atoms with Gasteiger partial charge in [0.15, 0.2) is 0 Å². The molecule has 1 fully saturated rings. The van der Waals surface area contributed by atoms with E-state index in [1.54, 1.807) is 13.2 Å². The standard InChI is InChI=1S/C13H17ClN2O3/c1-19-11-4-3-10(7-11)15-8-9-2-5-12(14)13(6-9)16(17)18/h2,5-6,10-11,15H,3-4,7-8H2,1H3. The zero-order valence-corrected chi connectivity index (χ0v) is 11.5. The molecule has 19 heavy (non-hydrogen) atoms. The van der Waals surface area contributed by atoms with Crippen LogP contribution in [-0.2, 0) is 11.3 Å². The van der Waals surface area contributed by atoms with E-state index in [0.717, 1.165) is 24.8 Å². The second-order valence-electron chi connectivity index (χ2n) is 4.79. The molecule has 0 heterocycles. The zero-order valence-electron chi connectivity index (χ0n) is 10.8. The van der Waals surface area contributed by atoms with Crippen LogP contribution in [0.2, 0.25) is 5.02 Å². The number of nitro benzene ring substituents is 1. The van der Waals surface area contributed by atoms with Gasteiger partial charge in [0, 0.05) is 25.8 Å². The van der Waals surface area contributed by atoms with Crippen molar-refractivity contribution >= 4 is 17.3 Å². The minimum absolute atomic E-state index is 0.0397. The van der Waals surface area contributed by atoms with E-state index in [9.17, 15) is 10.1 Å². The maximum absolute atomic E-state index is 10.8. The summed E-state index contributed by atoms with van der Waals surface area (Å²) < 4.78 is 5.31. The number of halogens is 1. The topological polar surface area (TPSA) is 64.4 Å². The van der Waals surface area contributed by atoms with Crippen molar-refractivity contribution in [1.82, 2.24) is 5.32 Å². The number of hydrogen-bond acceptors (Lipinski definition) is 4. The van der Waals surface area contributed by atoms with Gasteiger partial charge in [-0.15, -0.1) is 0 Å². The zero-order chi connectivity index (χ0) is 13.8. The molecule has 0 amide bonds. The van der Waals surface area contributed by atoms with Crippen LogP contribution in [0.25, 0.3) is 0 Å². The molecule has 0 saturated heterocycles. The summed E-state index contributed by atoms with van der Waals surface area (Å²) in [4.78, 5) is 10.3. The molecule has 1 saturated carbocycles. The van der Waals surface area contributed by atoms with E-state index in [0.29, 0.717) is 18.7 Å².